The molecule has 1 aromatic rings. The molecule has 0 aromatic heterocycles. The molecule has 0 atom stereocenters. The molecule has 0 unspecified atom stereocenters. The van der Waals surface area contributed by atoms with Crippen molar-refractivity contribution in [2.45, 2.75) is 26.2 Å². The van der Waals surface area contributed by atoms with Crippen LogP contribution >= 0.6 is 0 Å². The molecule has 0 saturated carbocycles. The molecule has 1 aromatic carbocycles. The number of Topliss-reactive ketones (excluding diaryl/α,β-unsaturated/α-hetero) is 1. The number of ketones is 1. The van der Waals surface area contributed by atoms with Gasteiger partial charge in [0.25, 0.3) is 11.4 Å². The van der Waals surface area contributed by atoms with Crippen LogP contribution in [0.1, 0.15) is 36.5 Å². The van der Waals surface area contributed by atoms with Gasteiger partial charge in [0.2, 0.25) is 0 Å². The number of anilines is 1. The van der Waals surface area contributed by atoms with Gasteiger partial charge in [-0.2, -0.15) is 0 Å². The Morgan fingerprint density at radius 2 is 1.52 bits per heavy atom. The van der Waals surface area contributed by atoms with Crippen LogP contribution in [0.3, 0.4) is 0 Å². The highest BCUT2D eigenvalue weighted by atomic mass is 16.6. The van der Waals surface area contributed by atoms with Crippen LogP contribution in [0.2, 0.25) is 0 Å². The highest BCUT2D eigenvalue weighted by Gasteiger charge is 2.32. The molecular weight excluding hydrogens is 278 g/mol. The van der Waals surface area contributed by atoms with E-state index in [0.29, 0.717) is 13.1 Å². The zero-order valence-corrected chi connectivity index (χ0v) is 11.6. The van der Waals surface area contributed by atoms with E-state index in [9.17, 15) is 25.0 Å². The summed E-state index contributed by atoms with van der Waals surface area (Å²) in [6, 6.07) is 2.25. The fourth-order valence-corrected chi connectivity index (χ4v) is 2.53. The number of carbonyl (C=O) groups is 1. The lowest BCUT2D eigenvalue weighted by Crippen LogP contribution is -2.30. The summed E-state index contributed by atoms with van der Waals surface area (Å²) in [5, 5.41) is 22.5. The monoisotopic (exact) mass is 293 g/mol. The fourth-order valence-electron chi connectivity index (χ4n) is 2.53. The average Bonchev–Trinajstić information content (AvgIpc) is 2.46. The minimum absolute atomic E-state index is 0.00898. The molecule has 8 heteroatoms. The summed E-state index contributed by atoms with van der Waals surface area (Å²) in [6.45, 7) is 2.31. The molecule has 0 aliphatic carbocycles. The summed E-state index contributed by atoms with van der Waals surface area (Å²) in [6.07, 6.45) is 2.68. The van der Waals surface area contributed by atoms with Gasteiger partial charge in [0.15, 0.2) is 11.5 Å². The standard InChI is InChI=1S/C13H15N3O5/c1-9(17)10-7-11(15(18)19)13(12(8-10)16(20)21)14-5-3-2-4-6-14/h7-8H,2-6H2,1H3. The lowest BCUT2D eigenvalue weighted by Gasteiger charge is -2.28. The SMILES string of the molecule is CC(=O)c1cc([N+](=O)[O-])c(N2CCCCC2)c([N+](=O)[O-])c1. The molecule has 112 valence electrons. The van der Waals surface area contributed by atoms with Gasteiger partial charge in [-0.15, -0.1) is 0 Å². The molecular formula is C13H15N3O5. The molecule has 1 heterocycles. The molecule has 2 rings (SSSR count). The minimum Gasteiger partial charge on any atom is -0.360 e. The van der Waals surface area contributed by atoms with Gasteiger partial charge < -0.3 is 4.90 Å². The van der Waals surface area contributed by atoms with Gasteiger partial charge in [-0.1, -0.05) is 0 Å². The maximum absolute atomic E-state index is 11.4. The Morgan fingerprint density at radius 3 is 1.90 bits per heavy atom. The van der Waals surface area contributed by atoms with E-state index >= 15 is 0 Å². The van der Waals surface area contributed by atoms with Crippen molar-refractivity contribution in [1.82, 2.24) is 0 Å². The second-order valence-corrected chi connectivity index (χ2v) is 4.98. The summed E-state index contributed by atoms with van der Waals surface area (Å²) in [5.74, 6) is -0.439. The summed E-state index contributed by atoms with van der Waals surface area (Å²) in [7, 11) is 0. The lowest BCUT2D eigenvalue weighted by molar-refractivity contribution is -0.392. The largest absolute Gasteiger partial charge is 0.360 e. The van der Waals surface area contributed by atoms with Crippen LogP contribution in [0.5, 0.6) is 0 Å². The molecule has 0 amide bonds. The normalized spacial score (nSPS) is 14.8. The second kappa shape index (κ2) is 5.86. The van der Waals surface area contributed by atoms with Gasteiger partial charge in [-0.05, 0) is 26.2 Å². The van der Waals surface area contributed by atoms with Crippen molar-refractivity contribution < 1.29 is 14.6 Å². The number of nitrogens with zero attached hydrogens (tertiary/aromatic N) is 3. The van der Waals surface area contributed by atoms with Crippen LogP contribution < -0.4 is 4.90 Å². The van der Waals surface area contributed by atoms with Crippen molar-refractivity contribution >= 4 is 22.8 Å². The van der Waals surface area contributed by atoms with Gasteiger partial charge in [0.05, 0.1) is 9.85 Å². The number of hydrogen-bond donors (Lipinski definition) is 0. The Morgan fingerprint density at radius 1 is 1.05 bits per heavy atom. The first-order chi connectivity index (χ1) is 9.91. The van der Waals surface area contributed by atoms with Gasteiger partial charge in [-0.3, -0.25) is 25.0 Å². The van der Waals surface area contributed by atoms with Crippen molar-refractivity contribution in [2.75, 3.05) is 18.0 Å². The van der Waals surface area contributed by atoms with E-state index in [-0.39, 0.29) is 22.6 Å². The van der Waals surface area contributed by atoms with E-state index in [2.05, 4.69) is 0 Å². The third-order valence-electron chi connectivity index (χ3n) is 3.54. The first-order valence-electron chi connectivity index (χ1n) is 6.64. The molecule has 0 bridgehead atoms. The average molecular weight is 293 g/mol. The van der Waals surface area contributed by atoms with E-state index in [1.54, 1.807) is 4.90 Å². The summed E-state index contributed by atoms with van der Waals surface area (Å²) < 4.78 is 0. The van der Waals surface area contributed by atoms with Crippen molar-refractivity contribution in [3.05, 3.63) is 37.9 Å². The molecule has 0 spiro atoms. The maximum Gasteiger partial charge on any atom is 0.300 e. The molecule has 1 saturated heterocycles. The van der Waals surface area contributed by atoms with E-state index in [4.69, 9.17) is 0 Å². The smallest absolute Gasteiger partial charge is 0.300 e. The zero-order valence-electron chi connectivity index (χ0n) is 11.6. The third-order valence-corrected chi connectivity index (χ3v) is 3.54. The van der Waals surface area contributed by atoms with E-state index in [1.165, 1.54) is 6.92 Å². The van der Waals surface area contributed by atoms with Gasteiger partial charge >= 0.3 is 0 Å². The highest BCUT2D eigenvalue weighted by Crippen LogP contribution is 2.40. The molecule has 21 heavy (non-hydrogen) atoms. The number of piperidine rings is 1. The minimum atomic E-state index is -0.663. The summed E-state index contributed by atoms with van der Waals surface area (Å²) in [5.41, 5.74) is -0.767. The van der Waals surface area contributed by atoms with E-state index < -0.39 is 15.6 Å². The number of nitro groups is 2. The van der Waals surface area contributed by atoms with Crippen LogP contribution in [0.15, 0.2) is 12.1 Å². The number of nitro benzene ring substituents is 2. The third kappa shape index (κ3) is 2.99. The fraction of sp³-hybridized carbons (Fsp3) is 0.462. The van der Waals surface area contributed by atoms with E-state index in [0.717, 1.165) is 31.4 Å². The Bertz CT molecular complexity index is 573. The molecule has 0 radical (unpaired) electrons. The maximum atomic E-state index is 11.4. The Kier molecular flexibility index (Phi) is 4.15. The van der Waals surface area contributed by atoms with Crippen LogP contribution in [-0.4, -0.2) is 28.7 Å². The van der Waals surface area contributed by atoms with Crippen molar-refractivity contribution in [1.29, 1.82) is 0 Å². The van der Waals surface area contributed by atoms with Gasteiger partial charge in [0, 0.05) is 30.8 Å². The molecule has 0 N–H and O–H groups in total. The summed E-state index contributed by atoms with van der Waals surface area (Å²) >= 11 is 0. The highest BCUT2D eigenvalue weighted by molar-refractivity contribution is 5.97. The van der Waals surface area contributed by atoms with Crippen LogP contribution in [-0.2, 0) is 0 Å². The number of hydrogen-bond acceptors (Lipinski definition) is 6. The summed E-state index contributed by atoms with van der Waals surface area (Å²) in [4.78, 5) is 34.3. The predicted molar refractivity (Wildman–Crippen MR) is 75.8 cm³/mol. The van der Waals surface area contributed by atoms with Gasteiger partial charge in [0.1, 0.15) is 0 Å². The van der Waals surface area contributed by atoms with E-state index in [1.807, 2.05) is 0 Å². The van der Waals surface area contributed by atoms with Crippen LogP contribution in [0, 0.1) is 20.2 Å². The topological polar surface area (TPSA) is 107 Å². The van der Waals surface area contributed by atoms with Gasteiger partial charge in [-0.25, -0.2) is 0 Å². The molecule has 1 aliphatic rings. The Labute approximate surface area is 120 Å². The quantitative estimate of drug-likeness (QED) is 0.480. The number of carbonyl (C=O) groups excluding carboxylic acids is 1. The first-order valence-corrected chi connectivity index (χ1v) is 6.64. The molecule has 8 nitrogen and oxygen atoms in total. The Hall–Kier alpha value is -2.51. The van der Waals surface area contributed by atoms with Crippen molar-refractivity contribution in [3.8, 4) is 0 Å². The van der Waals surface area contributed by atoms with Crippen molar-refractivity contribution in [3.63, 3.8) is 0 Å². The Balaban J connectivity index is 2.66. The second-order valence-electron chi connectivity index (χ2n) is 4.98. The lowest BCUT2D eigenvalue weighted by atomic mass is 10.0. The molecule has 1 aliphatic heterocycles. The number of rotatable bonds is 4. The van der Waals surface area contributed by atoms with Crippen molar-refractivity contribution in [2.24, 2.45) is 0 Å². The number of benzene rings is 1. The zero-order chi connectivity index (χ0) is 15.6. The van der Waals surface area contributed by atoms with Crippen LogP contribution in [0.4, 0.5) is 17.1 Å². The first kappa shape index (κ1) is 14.9. The van der Waals surface area contributed by atoms with Crippen LogP contribution in [0.25, 0.3) is 0 Å². The molecule has 1 fully saturated rings. The predicted octanol–water partition coefficient (Wildman–Crippen LogP) is 2.70.